The van der Waals surface area contributed by atoms with E-state index in [0.29, 0.717) is 6.54 Å². The van der Waals surface area contributed by atoms with Crippen molar-refractivity contribution >= 4 is 0 Å². The minimum absolute atomic E-state index is 0.0640. The lowest BCUT2D eigenvalue weighted by Gasteiger charge is -2.41. The summed E-state index contributed by atoms with van der Waals surface area (Å²) in [6.45, 7) is 8.39. The van der Waals surface area contributed by atoms with Gasteiger partial charge in [0.15, 0.2) is 0 Å². The number of hydrogen-bond acceptors (Lipinski definition) is 3. The van der Waals surface area contributed by atoms with Gasteiger partial charge in [0.05, 0.1) is 13.2 Å². The van der Waals surface area contributed by atoms with Crippen LogP contribution in [-0.4, -0.2) is 43.3 Å². The van der Waals surface area contributed by atoms with Gasteiger partial charge in [-0.05, 0) is 26.0 Å². The topological polar surface area (TPSA) is 24.5 Å². The van der Waals surface area contributed by atoms with Gasteiger partial charge < -0.3 is 10.1 Å². The molecule has 0 aliphatic carbocycles. The summed E-state index contributed by atoms with van der Waals surface area (Å²) in [7, 11) is 0. The zero-order valence-corrected chi connectivity index (χ0v) is 12.1. The fourth-order valence-corrected chi connectivity index (χ4v) is 2.48. The number of nitrogens with zero attached hydrogens (tertiary/aromatic N) is 1. The average molecular weight is 284 g/mol. The van der Waals surface area contributed by atoms with Gasteiger partial charge in [0, 0.05) is 37.3 Å². The second kappa shape index (κ2) is 6.61. The lowest BCUT2D eigenvalue weighted by atomic mass is 10.0. The van der Waals surface area contributed by atoms with Gasteiger partial charge in [-0.15, -0.1) is 0 Å². The van der Waals surface area contributed by atoms with Crippen molar-refractivity contribution in [1.29, 1.82) is 0 Å². The predicted octanol–water partition coefficient (Wildman–Crippen LogP) is 2.17. The van der Waals surface area contributed by atoms with Crippen molar-refractivity contribution in [1.82, 2.24) is 10.2 Å². The number of nitrogens with one attached hydrogen (secondary N) is 1. The van der Waals surface area contributed by atoms with Gasteiger partial charge in [-0.2, -0.15) is 0 Å². The maximum absolute atomic E-state index is 13.5. The summed E-state index contributed by atoms with van der Waals surface area (Å²) in [4.78, 5) is 2.33. The number of hydrogen-bond donors (Lipinski definition) is 1. The molecule has 0 spiro atoms. The van der Waals surface area contributed by atoms with E-state index < -0.39 is 11.6 Å². The second-order valence-electron chi connectivity index (χ2n) is 5.72. The molecule has 2 rings (SSSR count). The first-order valence-corrected chi connectivity index (χ1v) is 6.97. The molecule has 1 fully saturated rings. The Hall–Kier alpha value is -1.04. The number of halogens is 2. The van der Waals surface area contributed by atoms with Crippen LogP contribution in [0.2, 0.25) is 0 Å². The predicted molar refractivity (Wildman–Crippen MR) is 74.5 cm³/mol. The van der Waals surface area contributed by atoms with E-state index in [4.69, 9.17) is 4.74 Å². The highest BCUT2D eigenvalue weighted by Crippen LogP contribution is 2.16. The molecule has 1 aromatic rings. The zero-order valence-electron chi connectivity index (χ0n) is 12.1. The molecule has 112 valence electrons. The Labute approximate surface area is 118 Å². The van der Waals surface area contributed by atoms with Crippen molar-refractivity contribution in [3.63, 3.8) is 0 Å². The van der Waals surface area contributed by atoms with Gasteiger partial charge in [0.25, 0.3) is 0 Å². The Morgan fingerprint density at radius 2 is 1.80 bits per heavy atom. The molecule has 0 aromatic heterocycles. The van der Waals surface area contributed by atoms with Crippen LogP contribution in [0.4, 0.5) is 8.78 Å². The molecule has 0 radical (unpaired) electrons. The molecule has 0 unspecified atom stereocenters. The molecule has 1 aliphatic rings. The average Bonchev–Trinajstić information content (AvgIpc) is 2.43. The van der Waals surface area contributed by atoms with Crippen molar-refractivity contribution in [2.24, 2.45) is 0 Å². The fourth-order valence-electron chi connectivity index (χ4n) is 2.48. The monoisotopic (exact) mass is 284 g/mol. The van der Waals surface area contributed by atoms with Gasteiger partial charge in [0.1, 0.15) is 11.6 Å². The van der Waals surface area contributed by atoms with Crippen LogP contribution < -0.4 is 5.32 Å². The largest absolute Gasteiger partial charge is 0.379 e. The van der Waals surface area contributed by atoms with Crippen molar-refractivity contribution in [2.75, 3.05) is 32.8 Å². The van der Waals surface area contributed by atoms with E-state index in [2.05, 4.69) is 24.1 Å². The number of ether oxygens (including phenoxy) is 1. The summed E-state index contributed by atoms with van der Waals surface area (Å²) in [6, 6.07) is 3.95. The van der Waals surface area contributed by atoms with E-state index in [1.54, 1.807) is 0 Å². The van der Waals surface area contributed by atoms with E-state index in [-0.39, 0.29) is 17.6 Å². The first-order chi connectivity index (χ1) is 9.50. The lowest BCUT2D eigenvalue weighted by Crippen LogP contribution is -2.54. The smallest absolute Gasteiger partial charge is 0.130 e. The van der Waals surface area contributed by atoms with E-state index in [1.165, 1.54) is 18.2 Å². The Kier molecular flexibility index (Phi) is 5.07. The summed E-state index contributed by atoms with van der Waals surface area (Å²) in [5.41, 5.74) is 0.0381. The quantitative estimate of drug-likeness (QED) is 0.897. The third kappa shape index (κ3) is 3.75. The van der Waals surface area contributed by atoms with Gasteiger partial charge in [-0.1, -0.05) is 6.07 Å². The minimum atomic E-state index is -0.498. The number of rotatable bonds is 5. The third-order valence-corrected chi connectivity index (χ3v) is 3.79. The molecule has 0 bridgehead atoms. The molecule has 1 N–H and O–H groups in total. The number of morpholine rings is 1. The summed E-state index contributed by atoms with van der Waals surface area (Å²) < 4.78 is 32.4. The molecule has 20 heavy (non-hydrogen) atoms. The standard InChI is InChI=1S/C15H22F2N2O/c1-15(2,19-6-8-20-9-7-19)11-18-10-12-13(16)4-3-5-14(12)17/h3-5,18H,6-11H2,1-2H3. The Morgan fingerprint density at radius 3 is 2.40 bits per heavy atom. The molecule has 0 saturated carbocycles. The molecule has 1 aliphatic heterocycles. The Morgan fingerprint density at radius 1 is 1.20 bits per heavy atom. The molecular formula is C15H22F2N2O. The normalized spacial score (nSPS) is 17.4. The third-order valence-electron chi connectivity index (χ3n) is 3.79. The van der Waals surface area contributed by atoms with Crippen LogP contribution >= 0.6 is 0 Å². The zero-order chi connectivity index (χ0) is 14.6. The molecule has 5 heteroatoms. The SMILES string of the molecule is CC(C)(CNCc1c(F)cccc1F)N1CCOCC1. The summed E-state index contributed by atoms with van der Waals surface area (Å²) in [5, 5.41) is 3.16. The molecule has 0 amide bonds. The molecule has 1 aromatic carbocycles. The molecule has 3 nitrogen and oxygen atoms in total. The molecule has 1 saturated heterocycles. The maximum Gasteiger partial charge on any atom is 0.130 e. The molecule has 1 heterocycles. The lowest BCUT2D eigenvalue weighted by molar-refractivity contribution is -0.00970. The first-order valence-electron chi connectivity index (χ1n) is 6.97. The summed E-state index contributed by atoms with van der Waals surface area (Å²) >= 11 is 0. The van der Waals surface area contributed by atoms with E-state index >= 15 is 0 Å². The highest BCUT2D eigenvalue weighted by atomic mass is 19.1. The van der Waals surface area contributed by atoms with Crippen LogP contribution in [0.25, 0.3) is 0 Å². The Bertz CT molecular complexity index is 425. The van der Waals surface area contributed by atoms with Crippen molar-refractivity contribution < 1.29 is 13.5 Å². The van der Waals surface area contributed by atoms with Crippen molar-refractivity contribution in [3.05, 3.63) is 35.4 Å². The Balaban J connectivity index is 1.88. The van der Waals surface area contributed by atoms with Crippen molar-refractivity contribution in [3.8, 4) is 0 Å². The summed E-state index contributed by atoms with van der Waals surface area (Å²) in [5.74, 6) is -0.997. The maximum atomic E-state index is 13.5. The molecule has 0 atom stereocenters. The van der Waals surface area contributed by atoms with E-state index in [1.807, 2.05) is 0 Å². The van der Waals surface area contributed by atoms with Crippen molar-refractivity contribution in [2.45, 2.75) is 25.9 Å². The molecular weight excluding hydrogens is 262 g/mol. The fraction of sp³-hybridized carbons (Fsp3) is 0.600. The highest BCUT2D eigenvalue weighted by Gasteiger charge is 2.27. The first kappa shape index (κ1) is 15.4. The number of benzene rings is 1. The summed E-state index contributed by atoms with van der Waals surface area (Å²) in [6.07, 6.45) is 0. The van der Waals surface area contributed by atoms with Gasteiger partial charge >= 0.3 is 0 Å². The van der Waals surface area contributed by atoms with Gasteiger partial charge in [0.2, 0.25) is 0 Å². The van der Waals surface area contributed by atoms with E-state index in [9.17, 15) is 8.78 Å². The van der Waals surface area contributed by atoms with E-state index in [0.717, 1.165) is 26.3 Å². The van der Waals surface area contributed by atoms with Crippen LogP contribution in [-0.2, 0) is 11.3 Å². The van der Waals surface area contributed by atoms with Crippen LogP contribution in [0.15, 0.2) is 18.2 Å². The second-order valence-corrected chi connectivity index (χ2v) is 5.72. The highest BCUT2D eigenvalue weighted by molar-refractivity contribution is 5.19. The van der Waals surface area contributed by atoms with Gasteiger partial charge in [-0.25, -0.2) is 8.78 Å². The van der Waals surface area contributed by atoms with Crippen LogP contribution in [0.5, 0.6) is 0 Å². The minimum Gasteiger partial charge on any atom is -0.379 e. The van der Waals surface area contributed by atoms with Crippen LogP contribution in [0.3, 0.4) is 0 Å². The van der Waals surface area contributed by atoms with Crippen LogP contribution in [0.1, 0.15) is 19.4 Å². The van der Waals surface area contributed by atoms with Gasteiger partial charge in [-0.3, -0.25) is 4.90 Å². The van der Waals surface area contributed by atoms with Crippen LogP contribution in [0, 0.1) is 11.6 Å².